The number of piperidine rings is 1. The number of hydrogen-bond donors (Lipinski definition) is 1. The number of aryl methyl sites for hydroxylation is 1. The predicted molar refractivity (Wildman–Crippen MR) is 161 cm³/mol. The molecule has 4 heterocycles. The number of carbonyl (C=O) groups excluding carboxylic acids is 1. The van der Waals surface area contributed by atoms with Crippen molar-refractivity contribution in [1.29, 1.82) is 0 Å². The molecule has 1 atom stereocenters. The molecule has 6 rings (SSSR count). The van der Waals surface area contributed by atoms with Crippen LogP contribution < -0.4 is 10.2 Å². The van der Waals surface area contributed by atoms with Crippen LogP contribution in [0.25, 0.3) is 10.2 Å². The average Bonchev–Trinajstić information content (AvgIpc) is 3.55. The molecule has 3 aliphatic rings. The minimum absolute atomic E-state index is 0.0371. The van der Waals surface area contributed by atoms with Crippen LogP contribution >= 0.6 is 11.3 Å². The zero-order valence-electron chi connectivity index (χ0n) is 23.7. The lowest BCUT2D eigenvalue weighted by Crippen LogP contribution is -2.42. The van der Waals surface area contributed by atoms with E-state index >= 15 is 0 Å². The number of carbonyl (C=O) groups is 1. The molecule has 1 fully saturated rings. The molecule has 206 valence electrons. The van der Waals surface area contributed by atoms with Crippen LogP contribution in [0.4, 0.5) is 17.2 Å². The Bertz CT molecular complexity index is 1420. The van der Waals surface area contributed by atoms with Gasteiger partial charge in [0.2, 0.25) is 5.91 Å². The summed E-state index contributed by atoms with van der Waals surface area (Å²) in [5.74, 6) is 1.15. The normalized spacial score (nSPS) is 19.2. The van der Waals surface area contributed by atoms with Crippen LogP contribution in [0.3, 0.4) is 0 Å². The Morgan fingerprint density at radius 2 is 1.92 bits per heavy atom. The topological polar surface area (TPSA) is 77.0 Å². The quantitative estimate of drug-likeness (QED) is 0.476. The van der Waals surface area contributed by atoms with Crippen molar-refractivity contribution in [3.05, 3.63) is 40.0 Å². The molecule has 0 spiro atoms. The SMILES string of the molecule is CC(C)N(C)C(=O)[C@H]1CCc2c(sc3ncnc(Nc4cc5c(cc4N4CCC(N(C)C)CC4)CN=C5)c23)C1. The molecule has 0 unspecified atom stereocenters. The number of aromatic nitrogens is 2. The Morgan fingerprint density at radius 3 is 2.67 bits per heavy atom. The number of fused-ring (bicyclic) bond motifs is 4. The molecule has 3 aromatic rings. The van der Waals surface area contributed by atoms with E-state index < -0.39 is 0 Å². The molecule has 2 aromatic heterocycles. The van der Waals surface area contributed by atoms with Gasteiger partial charge in [-0.3, -0.25) is 9.79 Å². The van der Waals surface area contributed by atoms with E-state index in [2.05, 4.69) is 65.2 Å². The van der Waals surface area contributed by atoms with Crippen molar-refractivity contribution < 1.29 is 4.79 Å². The van der Waals surface area contributed by atoms with Gasteiger partial charge in [-0.2, -0.15) is 0 Å². The first kappa shape index (κ1) is 26.2. The van der Waals surface area contributed by atoms with Crippen LogP contribution in [0.2, 0.25) is 0 Å². The lowest BCUT2D eigenvalue weighted by molar-refractivity contribution is -0.136. The van der Waals surface area contributed by atoms with E-state index in [1.807, 2.05) is 18.2 Å². The second kappa shape index (κ2) is 10.5. The zero-order valence-corrected chi connectivity index (χ0v) is 24.5. The van der Waals surface area contributed by atoms with Crippen LogP contribution in [0, 0.1) is 5.92 Å². The number of rotatable bonds is 6. The van der Waals surface area contributed by atoms with Gasteiger partial charge in [-0.05, 0) is 88.9 Å². The maximum absolute atomic E-state index is 13.1. The third-order valence-corrected chi connectivity index (χ3v) is 10.0. The molecule has 1 N–H and O–H groups in total. The molecule has 1 amide bonds. The Balaban J connectivity index is 1.32. The second-order valence-corrected chi connectivity index (χ2v) is 12.8. The van der Waals surface area contributed by atoms with Gasteiger partial charge in [0.05, 0.1) is 23.3 Å². The first-order chi connectivity index (χ1) is 18.8. The summed E-state index contributed by atoms with van der Waals surface area (Å²) < 4.78 is 0. The van der Waals surface area contributed by atoms with Crippen molar-refractivity contribution in [2.24, 2.45) is 10.9 Å². The van der Waals surface area contributed by atoms with E-state index in [9.17, 15) is 4.79 Å². The standard InChI is InChI=1S/C30H39N7OS/c1-18(2)36(5)30(38)19-6-7-23-26(14-19)39-29-27(23)28(32-17-33-29)34-24-12-20-15-31-16-21(20)13-25(24)37-10-8-22(9-11-37)35(3)4/h12-13,15,17-19,22H,6-11,14,16H2,1-5H3,(H,32,33,34)/t19-/m0/s1. The van der Waals surface area contributed by atoms with Crippen molar-refractivity contribution >= 4 is 50.9 Å². The van der Waals surface area contributed by atoms with Crippen molar-refractivity contribution in [1.82, 2.24) is 19.8 Å². The van der Waals surface area contributed by atoms with Gasteiger partial charge < -0.3 is 20.0 Å². The smallest absolute Gasteiger partial charge is 0.226 e. The van der Waals surface area contributed by atoms with Crippen molar-refractivity contribution in [2.45, 2.75) is 64.6 Å². The predicted octanol–water partition coefficient (Wildman–Crippen LogP) is 4.87. The molecule has 0 bridgehead atoms. The number of benzene rings is 1. The van der Waals surface area contributed by atoms with Crippen molar-refractivity contribution in [2.75, 3.05) is 44.4 Å². The largest absolute Gasteiger partial charge is 0.370 e. The highest BCUT2D eigenvalue weighted by Crippen LogP contribution is 2.42. The molecule has 9 heteroatoms. The monoisotopic (exact) mass is 545 g/mol. The average molecular weight is 546 g/mol. The molecule has 39 heavy (non-hydrogen) atoms. The van der Waals surface area contributed by atoms with Crippen LogP contribution in [0.15, 0.2) is 23.5 Å². The van der Waals surface area contributed by atoms with Crippen LogP contribution in [0.5, 0.6) is 0 Å². The third kappa shape index (κ3) is 4.91. The van der Waals surface area contributed by atoms with Gasteiger partial charge in [-0.25, -0.2) is 9.97 Å². The maximum atomic E-state index is 13.1. The number of aliphatic imine (C=N–C) groups is 1. The van der Waals surface area contributed by atoms with Crippen molar-refractivity contribution in [3.63, 3.8) is 0 Å². The van der Waals surface area contributed by atoms with Gasteiger partial charge in [0.15, 0.2) is 0 Å². The van der Waals surface area contributed by atoms with Crippen molar-refractivity contribution in [3.8, 4) is 0 Å². The molecular formula is C30H39N7OS. The molecular weight excluding hydrogens is 506 g/mol. The lowest BCUT2D eigenvalue weighted by atomic mass is 9.86. The Hall–Kier alpha value is -3.04. The summed E-state index contributed by atoms with van der Waals surface area (Å²) in [6.07, 6.45) is 8.48. The minimum atomic E-state index is 0.0371. The van der Waals surface area contributed by atoms with Gasteiger partial charge in [-0.1, -0.05) is 0 Å². The molecule has 2 aliphatic heterocycles. The van der Waals surface area contributed by atoms with E-state index in [-0.39, 0.29) is 17.9 Å². The highest BCUT2D eigenvalue weighted by Gasteiger charge is 2.32. The summed E-state index contributed by atoms with van der Waals surface area (Å²) in [5.41, 5.74) is 6.08. The van der Waals surface area contributed by atoms with E-state index in [0.717, 1.165) is 73.5 Å². The van der Waals surface area contributed by atoms with Crippen LogP contribution in [-0.4, -0.2) is 78.2 Å². The van der Waals surface area contributed by atoms with Crippen LogP contribution in [-0.2, 0) is 24.2 Å². The van der Waals surface area contributed by atoms with E-state index in [1.165, 1.54) is 27.3 Å². The van der Waals surface area contributed by atoms with Gasteiger partial charge in [0.1, 0.15) is 17.0 Å². The highest BCUT2D eigenvalue weighted by atomic mass is 32.1. The molecule has 1 aromatic carbocycles. The summed E-state index contributed by atoms with van der Waals surface area (Å²) in [6, 6.07) is 5.40. The van der Waals surface area contributed by atoms with Gasteiger partial charge in [0.25, 0.3) is 0 Å². The van der Waals surface area contributed by atoms with Gasteiger partial charge in [0, 0.05) is 49.2 Å². The summed E-state index contributed by atoms with van der Waals surface area (Å²) in [5, 5.41) is 4.86. The molecule has 8 nitrogen and oxygen atoms in total. The molecule has 1 saturated heterocycles. The first-order valence-electron chi connectivity index (χ1n) is 14.2. The summed E-state index contributed by atoms with van der Waals surface area (Å²) >= 11 is 1.72. The fourth-order valence-electron chi connectivity index (χ4n) is 6.22. The molecule has 1 aliphatic carbocycles. The third-order valence-electron chi connectivity index (χ3n) is 8.85. The zero-order chi connectivity index (χ0) is 27.3. The second-order valence-electron chi connectivity index (χ2n) is 11.7. The summed E-state index contributed by atoms with van der Waals surface area (Å²) in [6.45, 7) is 6.96. The molecule has 0 radical (unpaired) electrons. The number of anilines is 3. The van der Waals surface area contributed by atoms with Gasteiger partial charge in [-0.15, -0.1) is 11.3 Å². The van der Waals surface area contributed by atoms with E-state index in [1.54, 1.807) is 17.7 Å². The maximum Gasteiger partial charge on any atom is 0.226 e. The fraction of sp³-hybridized carbons (Fsp3) is 0.533. The first-order valence-corrected chi connectivity index (χ1v) is 15.0. The molecule has 0 saturated carbocycles. The van der Waals surface area contributed by atoms with E-state index in [0.29, 0.717) is 6.04 Å². The fourth-order valence-corrected chi connectivity index (χ4v) is 7.49. The Labute approximate surface area is 235 Å². The van der Waals surface area contributed by atoms with Crippen LogP contribution in [0.1, 0.15) is 54.7 Å². The number of thiophene rings is 1. The Morgan fingerprint density at radius 1 is 1.13 bits per heavy atom. The number of nitrogens with zero attached hydrogens (tertiary/aromatic N) is 6. The lowest BCUT2D eigenvalue weighted by Gasteiger charge is -2.37. The van der Waals surface area contributed by atoms with E-state index in [4.69, 9.17) is 4.98 Å². The van der Waals surface area contributed by atoms with Gasteiger partial charge >= 0.3 is 0 Å². The minimum Gasteiger partial charge on any atom is -0.370 e. The number of nitrogens with one attached hydrogen (secondary N) is 1. The summed E-state index contributed by atoms with van der Waals surface area (Å²) in [7, 11) is 6.29. The number of amides is 1. The summed E-state index contributed by atoms with van der Waals surface area (Å²) in [4.78, 5) is 36.1. The number of hydrogen-bond acceptors (Lipinski definition) is 8. The Kier molecular flexibility index (Phi) is 7.05. The highest BCUT2D eigenvalue weighted by molar-refractivity contribution is 7.19.